The maximum absolute atomic E-state index is 6.03. The van der Waals surface area contributed by atoms with Crippen LogP contribution in [0.5, 0.6) is 0 Å². The topological polar surface area (TPSA) is 51.8 Å². The molecular formula is C21H18ClN3S. The summed E-state index contributed by atoms with van der Waals surface area (Å²) in [4.78, 5) is 8.81. The Hall–Kier alpha value is -2.27. The minimum Gasteiger partial charge on any atom is -0.330 e. The third kappa shape index (κ3) is 3.36. The number of rotatable bonds is 5. The average Bonchev–Trinajstić information content (AvgIpc) is 3.16. The van der Waals surface area contributed by atoms with Crippen LogP contribution in [0.3, 0.4) is 0 Å². The van der Waals surface area contributed by atoms with Gasteiger partial charge in [0, 0.05) is 16.5 Å². The first kappa shape index (κ1) is 17.2. The van der Waals surface area contributed by atoms with E-state index in [0.29, 0.717) is 6.54 Å². The van der Waals surface area contributed by atoms with Gasteiger partial charge in [-0.05, 0) is 47.7 Å². The second-order valence-electron chi connectivity index (χ2n) is 6.16. The van der Waals surface area contributed by atoms with Gasteiger partial charge in [-0.15, -0.1) is 11.3 Å². The average molecular weight is 380 g/mol. The highest BCUT2D eigenvalue weighted by Crippen LogP contribution is 2.33. The molecule has 2 N–H and O–H groups in total. The first-order valence-corrected chi connectivity index (χ1v) is 9.76. The van der Waals surface area contributed by atoms with E-state index in [4.69, 9.17) is 17.3 Å². The molecular weight excluding hydrogens is 362 g/mol. The third-order valence-corrected chi connectivity index (χ3v) is 5.72. The molecule has 0 aliphatic carbocycles. The SMILES string of the molecule is NCCC(c1ccc(Cl)cc1)c1ccc(-c2ncnc3ccsc23)cc1. The summed E-state index contributed by atoms with van der Waals surface area (Å²) in [5, 5.41) is 2.80. The van der Waals surface area contributed by atoms with E-state index in [0.717, 1.165) is 32.9 Å². The molecule has 0 saturated carbocycles. The first-order valence-electron chi connectivity index (χ1n) is 8.50. The van der Waals surface area contributed by atoms with E-state index in [2.05, 4.69) is 51.7 Å². The van der Waals surface area contributed by atoms with Gasteiger partial charge >= 0.3 is 0 Å². The maximum Gasteiger partial charge on any atom is 0.116 e. The van der Waals surface area contributed by atoms with Crippen LogP contribution in [-0.2, 0) is 0 Å². The number of nitrogens with two attached hydrogens (primary N) is 1. The molecule has 0 radical (unpaired) electrons. The summed E-state index contributed by atoms with van der Waals surface area (Å²) in [6.07, 6.45) is 2.52. The Balaban J connectivity index is 1.69. The molecule has 0 aliphatic rings. The molecule has 4 rings (SSSR count). The Bertz CT molecular complexity index is 1010. The third-order valence-electron chi connectivity index (χ3n) is 4.56. The van der Waals surface area contributed by atoms with Crippen molar-refractivity contribution >= 4 is 33.2 Å². The van der Waals surface area contributed by atoms with Crippen molar-refractivity contribution in [2.75, 3.05) is 6.54 Å². The van der Waals surface area contributed by atoms with Crippen LogP contribution >= 0.6 is 22.9 Å². The van der Waals surface area contributed by atoms with E-state index >= 15 is 0 Å². The largest absolute Gasteiger partial charge is 0.330 e. The van der Waals surface area contributed by atoms with Crippen molar-refractivity contribution in [1.82, 2.24) is 9.97 Å². The molecule has 1 unspecified atom stereocenters. The predicted molar refractivity (Wildman–Crippen MR) is 110 cm³/mol. The summed E-state index contributed by atoms with van der Waals surface area (Å²) >= 11 is 7.70. The lowest BCUT2D eigenvalue weighted by atomic mass is 9.88. The number of hydrogen-bond acceptors (Lipinski definition) is 4. The Morgan fingerprint density at radius 3 is 2.31 bits per heavy atom. The molecule has 5 heteroatoms. The lowest BCUT2D eigenvalue weighted by molar-refractivity contribution is 0.726. The number of fused-ring (bicyclic) bond motifs is 1. The van der Waals surface area contributed by atoms with Crippen LogP contribution in [0.4, 0.5) is 0 Å². The van der Waals surface area contributed by atoms with Crippen LogP contribution in [-0.4, -0.2) is 16.5 Å². The number of halogens is 1. The maximum atomic E-state index is 6.03. The van der Waals surface area contributed by atoms with Crippen LogP contribution in [0.2, 0.25) is 5.02 Å². The van der Waals surface area contributed by atoms with Crippen molar-refractivity contribution in [3.8, 4) is 11.3 Å². The molecule has 0 bridgehead atoms. The zero-order chi connectivity index (χ0) is 17.9. The molecule has 4 aromatic rings. The van der Waals surface area contributed by atoms with E-state index in [1.807, 2.05) is 18.2 Å². The minimum absolute atomic E-state index is 0.262. The highest BCUT2D eigenvalue weighted by molar-refractivity contribution is 7.17. The fourth-order valence-electron chi connectivity index (χ4n) is 3.26. The van der Waals surface area contributed by atoms with Gasteiger partial charge in [0.15, 0.2) is 0 Å². The van der Waals surface area contributed by atoms with Gasteiger partial charge in [0.25, 0.3) is 0 Å². The summed E-state index contributed by atoms with van der Waals surface area (Å²) in [5.74, 6) is 0.262. The highest BCUT2D eigenvalue weighted by atomic mass is 35.5. The van der Waals surface area contributed by atoms with Crippen LogP contribution in [0.25, 0.3) is 21.5 Å². The second-order valence-corrected chi connectivity index (χ2v) is 7.51. The lowest BCUT2D eigenvalue weighted by Crippen LogP contribution is -2.08. The number of benzene rings is 2. The van der Waals surface area contributed by atoms with Crippen LogP contribution in [0.15, 0.2) is 66.3 Å². The van der Waals surface area contributed by atoms with Crippen molar-refractivity contribution in [2.45, 2.75) is 12.3 Å². The predicted octanol–water partition coefficient (Wildman–Crippen LogP) is 5.49. The summed E-state index contributed by atoms with van der Waals surface area (Å²) in [6.45, 7) is 0.636. The van der Waals surface area contributed by atoms with Crippen molar-refractivity contribution in [3.63, 3.8) is 0 Å². The van der Waals surface area contributed by atoms with Crippen LogP contribution in [0.1, 0.15) is 23.5 Å². The monoisotopic (exact) mass is 379 g/mol. The lowest BCUT2D eigenvalue weighted by Gasteiger charge is -2.18. The summed E-state index contributed by atoms with van der Waals surface area (Å²) < 4.78 is 1.12. The molecule has 26 heavy (non-hydrogen) atoms. The van der Waals surface area contributed by atoms with Gasteiger partial charge in [0.1, 0.15) is 6.33 Å². The number of nitrogens with zero attached hydrogens (tertiary/aromatic N) is 2. The van der Waals surface area contributed by atoms with E-state index < -0.39 is 0 Å². The number of thiophene rings is 1. The number of hydrogen-bond donors (Lipinski definition) is 1. The molecule has 0 aliphatic heterocycles. The molecule has 0 saturated heterocycles. The normalized spacial score (nSPS) is 12.4. The standard InChI is InChI=1S/C21H18ClN3S/c22-17-7-5-15(6-8-17)18(9-11-23)14-1-3-16(4-2-14)20-21-19(10-12-26-21)24-13-25-20/h1-8,10,12-13,18H,9,11,23H2. The van der Waals surface area contributed by atoms with Gasteiger partial charge in [0.2, 0.25) is 0 Å². The van der Waals surface area contributed by atoms with Crippen LogP contribution < -0.4 is 5.73 Å². The first-order chi connectivity index (χ1) is 12.8. The van der Waals surface area contributed by atoms with Gasteiger partial charge in [-0.1, -0.05) is 48.0 Å². The molecule has 0 amide bonds. The summed E-state index contributed by atoms with van der Waals surface area (Å²) in [7, 11) is 0. The second kappa shape index (κ2) is 7.54. The molecule has 2 heterocycles. The fourth-order valence-corrected chi connectivity index (χ4v) is 4.24. The van der Waals surface area contributed by atoms with Gasteiger partial charge in [-0.3, -0.25) is 0 Å². The van der Waals surface area contributed by atoms with Crippen molar-refractivity contribution in [2.24, 2.45) is 5.73 Å². The molecule has 130 valence electrons. The highest BCUT2D eigenvalue weighted by Gasteiger charge is 2.14. The van der Waals surface area contributed by atoms with Gasteiger partial charge < -0.3 is 5.73 Å². The van der Waals surface area contributed by atoms with Crippen molar-refractivity contribution in [1.29, 1.82) is 0 Å². The summed E-state index contributed by atoms with van der Waals surface area (Å²) in [5.41, 5.74) is 11.4. The smallest absolute Gasteiger partial charge is 0.116 e. The van der Waals surface area contributed by atoms with E-state index in [-0.39, 0.29) is 5.92 Å². The Labute approximate surface area is 161 Å². The number of aromatic nitrogens is 2. The zero-order valence-corrected chi connectivity index (χ0v) is 15.7. The minimum atomic E-state index is 0.262. The van der Waals surface area contributed by atoms with Crippen molar-refractivity contribution in [3.05, 3.63) is 82.5 Å². The van der Waals surface area contributed by atoms with Gasteiger partial charge in [0.05, 0.1) is 15.9 Å². The molecule has 2 aromatic heterocycles. The van der Waals surface area contributed by atoms with E-state index in [1.165, 1.54) is 11.1 Å². The van der Waals surface area contributed by atoms with Crippen LogP contribution in [0, 0.1) is 0 Å². The van der Waals surface area contributed by atoms with Gasteiger partial charge in [-0.25, -0.2) is 9.97 Å². The quantitative estimate of drug-likeness (QED) is 0.498. The Morgan fingerprint density at radius 2 is 1.62 bits per heavy atom. The van der Waals surface area contributed by atoms with E-state index in [1.54, 1.807) is 17.7 Å². The molecule has 3 nitrogen and oxygen atoms in total. The molecule has 2 aromatic carbocycles. The molecule has 0 fully saturated rings. The van der Waals surface area contributed by atoms with E-state index in [9.17, 15) is 0 Å². The Morgan fingerprint density at radius 1 is 0.923 bits per heavy atom. The van der Waals surface area contributed by atoms with Crippen molar-refractivity contribution < 1.29 is 0 Å². The fraction of sp³-hybridized carbons (Fsp3) is 0.143. The molecule has 1 atom stereocenters. The van der Waals surface area contributed by atoms with Gasteiger partial charge in [-0.2, -0.15) is 0 Å². The summed E-state index contributed by atoms with van der Waals surface area (Å²) in [6, 6.07) is 18.7. The molecule has 0 spiro atoms. The Kier molecular flexibility index (Phi) is 4.98. The zero-order valence-electron chi connectivity index (χ0n) is 14.1.